The lowest BCUT2D eigenvalue weighted by Crippen LogP contribution is -2.32. The maximum Gasteiger partial charge on any atom is 0.337 e. The van der Waals surface area contributed by atoms with E-state index >= 15 is 0 Å². The van der Waals surface area contributed by atoms with Gasteiger partial charge in [0.2, 0.25) is 5.91 Å². The third-order valence-corrected chi connectivity index (χ3v) is 5.94. The number of methoxy groups -OCH3 is 1. The third kappa shape index (κ3) is 5.56. The normalized spacial score (nSPS) is 12.0. The van der Waals surface area contributed by atoms with Crippen molar-refractivity contribution >= 4 is 34.5 Å². The number of ether oxygens (including phenoxy) is 1. The minimum absolute atomic E-state index is 0.146. The Balaban J connectivity index is 1.90. The molecule has 7 nitrogen and oxygen atoms in total. The van der Waals surface area contributed by atoms with Crippen LogP contribution in [0.2, 0.25) is 0 Å². The molecule has 3 aromatic rings. The van der Waals surface area contributed by atoms with Gasteiger partial charge in [-0.2, -0.15) is 0 Å². The van der Waals surface area contributed by atoms with E-state index in [-0.39, 0.29) is 17.4 Å². The molecule has 0 fully saturated rings. The first-order valence-electron chi connectivity index (χ1n) is 10.4. The lowest BCUT2D eigenvalue weighted by molar-refractivity contribution is -0.120. The van der Waals surface area contributed by atoms with Crippen molar-refractivity contribution in [1.29, 1.82) is 0 Å². The highest BCUT2D eigenvalue weighted by Crippen LogP contribution is 2.24. The minimum atomic E-state index is -0.497. The van der Waals surface area contributed by atoms with E-state index in [2.05, 4.69) is 10.3 Å². The third-order valence-electron chi connectivity index (χ3n) is 4.85. The maximum atomic E-state index is 13.2. The van der Waals surface area contributed by atoms with Crippen molar-refractivity contribution in [2.75, 3.05) is 7.11 Å². The van der Waals surface area contributed by atoms with Crippen molar-refractivity contribution in [2.24, 2.45) is 5.92 Å². The molecule has 1 atom stereocenters. The largest absolute Gasteiger partial charge is 0.465 e. The number of rotatable bonds is 8. The lowest BCUT2D eigenvalue weighted by Gasteiger charge is -2.18. The second-order valence-electron chi connectivity index (χ2n) is 7.89. The number of amides is 1. The summed E-state index contributed by atoms with van der Waals surface area (Å²) in [5, 5.41) is 3.32. The maximum absolute atomic E-state index is 13.2. The summed E-state index contributed by atoms with van der Waals surface area (Å²) >= 11 is 1.23. The van der Waals surface area contributed by atoms with Crippen LogP contribution in [0.1, 0.15) is 36.7 Å². The van der Waals surface area contributed by atoms with Gasteiger partial charge in [0.15, 0.2) is 5.16 Å². The molecular weight excluding hydrogens is 426 g/mol. The first kappa shape index (κ1) is 23.5. The monoisotopic (exact) mass is 453 g/mol. The molecule has 0 spiro atoms. The number of hydrogen-bond donors (Lipinski definition) is 1. The van der Waals surface area contributed by atoms with Gasteiger partial charge in [0.25, 0.3) is 5.56 Å². The fourth-order valence-corrected chi connectivity index (χ4v) is 4.14. The minimum Gasteiger partial charge on any atom is -0.465 e. The van der Waals surface area contributed by atoms with Gasteiger partial charge in [-0.1, -0.05) is 55.9 Å². The molecule has 2 aromatic carbocycles. The van der Waals surface area contributed by atoms with Crippen LogP contribution >= 0.6 is 11.8 Å². The van der Waals surface area contributed by atoms with Crippen LogP contribution in [0.25, 0.3) is 10.9 Å². The Morgan fingerprint density at radius 1 is 1.12 bits per heavy atom. The molecule has 0 aliphatic heterocycles. The standard InChI is InChI=1S/C24H27N3O4S/c1-15(2)14-27-22(29)19-11-10-18(23(30)31-4)12-20(19)26-24(27)32-16(3)21(28)25-13-17-8-6-5-7-9-17/h5-12,15-16H,13-14H2,1-4H3,(H,25,28). The molecule has 8 heteroatoms. The summed E-state index contributed by atoms with van der Waals surface area (Å²) in [7, 11) is 1.30. The Labute approximate surface area is 191 Å². The summed E-state index contributed by atoms with van der Waals surface area (Å²) in [5.74, 6) is -0.432. The van der Waals surface area contributed by atoms with Crippen LogP contribution < -0.4 is 10.9 Å². The average Bonchev–Trinajstić information content (AvgIpc) is 2.79. The number of carbonyl (C=O) groups is 2. The van der Waals surface area contributed by atoms with Crippen molar-refractivity contribution in [2.45, 2.75) is 44.3 Å². The van der Waals surface area contributed by atoms with E-state index in [1.807, 2.05) is 44.2 Å². The van der Waals surface area contributed by atoms with Gasteiger partial charge < -0.3 is 10.1 Å². The molecule has 32 heavy (non-hydrogen) atoms. The van der Waals surface area contributed by atoms with Crippen LogP contribution in [0.5, 0.6) is 0 Å². The molecule has 1 heterocycles. The van der Waals surface area contributed by atoms with Gasteiger partial charge in [-0.3, -0.25) is 14.2 Å². The molecule has 0 saturated carbocycles. The summed E-state index contributed by atoms with van der Waals surface area (Å²) in [5.41, 5.74) is 1.53. The van der Waals surface area contributed by atoms with Crippen molar-refractivity contribution in [3.05, 3.63) is 70.0 Å². The van der Waals surface area contributed by atoms with Crippen LogP contribution in [-0.4, -0.2) is 33.8 Å². The Morgan fingerprint density at radius 3 is 2.50 bits per heavy atom. The zero-order valence-electron chi connectivity index (χ0n) is 18.6. The fourth-order valence-electron chi connectivity index (χ4n) is 3.20. The molecule has 1 amide bonds. The number of aromatic nitrogens is 2. The van der Waals surface area contributed by atoms with Gasteiger partial charge in [0, 0.05) is 13.1 Å². The van der Waals surface area contributed by atoms with E-state index in [4.69, 9.17) is 4.74 Å². The molecule has 0 bridgehead atoms. The molecule has 3 rings (SSSR count). The first-order valence-corrected chi connectivity index (χ1v) is 11.3. The van der Waals surface area contributed by atoms with Gasteiger partial charge >= 0.3 is 5.97 Å². The highest BCUT2D eigenvalue weighted by atomic mass is 32.2. The first-order chi connectivity index (χ1) is 15.3. The second kappa shape index (κ2) is 10.5. The molecule has 1 aromatic heterocycles. The topological polar surface area (TPSA) is 90.3 Å². The Bertz CT molecular complexity index is 1180. The second-order valence-corrected chi connectivity index (χ2v) is 9.20. The number of esters is 1. The van der Waals surface area contributed by atoms with E-state index in [0.717, 1.165) is 5.56 Å². The Morgan fingerprint density at radius 2 is 1.84 bits per heavy atom. The highest BCUT2D eigenvalue weighted by molar-refractivity contribution is 8.00. The number of thioether (sulfide) groups is 1. The van der Waals surface area contributed by atoms with Gasteiger partial charge in [0.05, 0.1) is 28.8 Å². The molecule has 0 aliphatic rings. The van der Waals surface area contributed by atoms with Crippen LogP contribution in [-0.2, 0) is 22.6 Å². The molecule has 1 N–H and O–H groups in total. The molecule has 168 valence electrons. The van der Waals surface area contributed by atoms with Crippen molar-refractivity contribution in [3.8, 4) is 0 Å². The van der Waals surface area contributed by atoms with Crippen LogP contribution in [0.4, 0.5) is 0 Å². The van der Waals surface area contributed by atoms with E-state index in [9.17, 15) is 14.4 Å². The molecular formula is C24H27N3O4S. The van der Waals surface area contributed by atoms with E-state index in [0.29, 0.717) is 34.7 Å². The number of nitrogens with one attached hydrogen (secondary N) is 1. The predicted molar refractivity (Wildman–Crippen MR) is 126 cm³/mol. The van der Waals surface area contributed by atoms with Crippen molar-refractivity contribution in [1.82, 2.24) is 14.9 Å². The fraction of sp³-hybridized carbons (Fsp3) is 0.333. The molecule has 0 aliphatic carbocycles. The molecule has 0 radical (unpaired) electrons. The van der Waals surface area contributed by atoms with E-state index in [1.165, 1.54) is 18.9 Å². The van der Waals surface area contributed by atoms with Gasteiger partial charge in [-0.15, -0.1) is 0 Å². The average molecular weight is 454 g/mol. The van der Waals surface area contributed by atoms with Gasteiger partial charge in [-0.05, 0) is 36.6 Å². The summed E-state index contributed by atoms with van der Waals surface area (Å²) in [6.45, 7) is 6.72. The summed E-state index contributed by atoms with van der Waals surface area (Å²) in [6.07, 6.45) is 0. The van der Waals surface area contributed by atoms with Gasteiger partial charge in [0.1, 0.15) is 0 Å². The number of fused-ring (bicyclic) bond motifs is 1. The summed E-state index contributed by atoms with van der Waals surface area (Å²) in [4.78, 5) is 42.4. The summed E-state index contributed by atoms with van der Waals surface area (Å²) in [6, 6.07) is 14.4. The van der Waals surface area contributed by atoms with Crippen LogP contribution in [0, 0.1) is 5.92 Å². The van der Waals surface area contributed by atoms with Crippen LogP contribution in [0.3, 0.4) is 0 Å². The quantitative estimate of drug-likeness (QED) is 0.318. The predicted octanol–water partition coefficient (Wildman–Crippen LogP) is 3.64. The SMILES string of the molecule is COC(=O)c1ccc2c(=O)n(CC(C)C)c(SC(C)C(=O)NCc3ccccc3)nc2c1. The summed E-state index contributed by atoms with van der Waals surface area (Å²) < 4.78 is 6.38. The van der Waals surface area contributed by atoms with Crippen molar-refractivity contribution in [3.63, 3.8) is 0 Å². The zero-order chi connectivity index (χ0) is 23.3. The zero-order valence-corrected chi connectivity index (χ0v) is 19.4. The molecule has 0 saturated heterocycles. The molecule has 1 unspecified atom stereocenters. The highest BCUT2D eigenvalue weighted by Gasteiger charge is 2.20. The Kier molecular flexibility index (Phi) is 7.69. The lowest BCUT2D eigenvalue weighted by atomic mass is 10.1. The van der Waals surface area contributed by atoms with Crippen LogP contribution in [0.15, 0.2) is 58.5 Å². The number of nitrogens with zero attached hydrogens (tertiary/aromatic N) is 2. The number of benzene rings is 2. The van der Waals surface area contributed by atoms with E-state index in [1.54, 1.807) is 29.7 Å². The smallest absolute Gasteiger partial charge is 0.337 e. The van der Waals surface area contributed by atoms with Gasteiger partial charge in [-0.25, -0.2) is 9.78 Å². The number of carbonyl (C=O) groups excluding carboxylic acids is 2. The van der Waals surface area contributed by atoms with E-state index < -0.39 is 11.2 Å². The number of hydrogen-bond acceptors (Lipinski definition) is 6. The van der Waals surface area contributed by atoms with Crippen molar-refractivity contribution < 1.29 is 14.3 Å². The Hall–Kier alpha value is -3.13.